The summed E-state index contributed by atoms with van der Waals surface area (Å²) in [6.45, 7) is 0.916. The first-order chi connectivity index (χ1) is 15.5. The van der Waals surface area contributed by atoms with Crippen molar-refractivity contribution in [1.82, 2.24) is 15.1 Å². The average molecular weight is 489 g/mol. The number of rotatable bonds is 3. The highest BCUT2D eigenvalue weighted by atomic mass is 32.2. The van der Waals surface area contributed by atoms with Gasteiger partial charge in [-0.05, 0) is 30.5 Å². The molecule has 0 radical (unpaired) electrons. The average Bonchev–Trinajstić information content (AvgIpc) is 2.78. The number of allylic oxidation sites excluding steroid dienone is 1. The molecule has 0 bridgehead atoms. The third-order valence-electron chi connectivity index (χ3n) is 6.27. The van der Waals surface area contributed by atoms with Gasteiger partial charge in [0.25, 0.3) is 0 Å². The summed E-state index contributed by atoms with van der Waals surface area (Å²) in [5.41, 5.74) is -0.195. The quantitative estimate of drug-likeness (QED) is 0.660. The summed E-state index contributed by atoms with van der Waals surface area (Å²) < 4.78 is 75.6. The molecule has 3 aliphatic heterocycles. The third-order valence-corrected chi connectivity index (χ3v) is 7.98. The van der Waals surface area contributed by atoms with Crippen molar-refractivity contribution >= 4 is 22.0 Å². The first kappa shape index (κ1) is 23.7. The number of hydrogen-bond acceptors (Lipinski definition) is 6. The van der Waals surface area contributed by atoms with Gasteiger partial charge in [-0.1, -0.05) is 12.1 Å². The molecule has 180 valence electrons. The Kier molecular flexibility index (Phi) is 6.50. The molecular formula is C21H24F4N4O3S. The Bertz CT molecular complexity index is 1040. The molecule has 33 heavy (non-hydrogen) atoms. The maximum absolute atomic E-state index is 13.5. The molecule has 12 heteroatoms. The van der Waals surface area contributed by atoms with Gasteiger partial charge in [-0.2, -0.15) is 13.2 Å². The molecule has 0 aliphatic carbocycles. The number of halogens is 4. The number of nitrogens with zero attached hydrogens (tertiary/aromatic N) is 3. The van der Waals surface area contributed by atoms with Crippen molar-refractivity contribution in [3.8, 4) is 0 Å². The second kappa shape index (κ2) is 9.05. The minimum absolute atomic E-state index is 0.0286. The number of aliphatic imine (C=N–C) groups is 1. The molecule has 2 atom stereocenters. The Balaban J connectivity index is 1.52. The SMILES string of the molecule is O=C(C1CCS(=O)(=O)CC1)N1CCN(C2N=CC(C(F)(F)F)=CN2)CC1c1ccc(F)cc1. The van der Waals surface area contributed by atoms with Gasteiger partial charge in [-0.15, -0.1) is 0 Å². The molecule has 0 spiro atoms. The molecule has 1 aromatic rings. The maximum Gasteiger partial charge on any atom is 0.419 e. The van der Waals surface area contributed by atoms with E-state index in [2.05, 4.69) is 10.3 Å². The van der Waals surface area contributed by atoms with E-state index in [1.807, 2.05) is 4.90 Å². The summed E-state index contributed by atoms with van der Waals surface area (Å²) in [4.78, 5) is 20.8. The Morgan fingerprint density at radius 2 is 1.76 bits per heavy atom. The molecular weight excluding hydrogens is 464 g/mol. The van der Waals surface area contributed by atoms with E-state index >= 15 is 0 Å². The predicted molar refractivity (Wildman–Crippen MR) is 113 cm³/mol. The summed E-state index contributed by atoms with van der Waals surface area (Å²) in [6, 6.07) is 5.26. The van der Waals surface area contributed by atoms with E-state index in [0.717, 1.165) is 12.4 Å². The van der Waals surface area contributed by atoms with Crippen molar-refractivity contribution in [2.75, 3.05) is 31.1 Å². The molecule has 4 rings (SSSR count). The van der Waals surface area contributed by atoms with Crippen LogP contribution in [0, 0.1) is 11.7 Å². The number of hydrogen-bond donors (Lipinski definition) is 1. The molecule has 1 N–H and O–H groups in total. The molecule has 1 amide bonds. The van der Waals surface area contributed by atoms with Crippen LogP contribution in [0.25, 0.3) is 0 Å². The van der Waals surface area contributed by atoms with E-state index in [4.69, 9.17) is 0 Å². The number of piperazine rings is 1. The lowest BCUT2D eigenvalue weighted by Gasteiger charge is -2.45. The van der Waals surface area contributed by atoms with E-state index in [9.17, 15) is 30.8 Å². The zero-order valence-corrected chi connectivity index (χ0v) is 18.4. The largest absolute Gasteiger partial charge is 0.419 e. The second-order valence-electron chi connectivity index (χ2n) is 8.44. The normalized spacial score (nSPS) is 26.5. The number of nitrogens with one attached hydrogen (secondary N) is 1. The van der Waals surface area contributed by atoms with Crippen LogP contribution in [0.15, 0.2) is 41.0 Å². The van der Waals surface area contributed by atoms with Gasteiger partial charge in [0.05, 0.1) is 23.1 Å². The molecule has 7 nitrogen and oxygen atoms in total. The van der Waals surface area contributed by atoms with Crippen molar-refractivity contribution in [2.45, 2.75) is 31.3 Å². The Hall–Kier alpha value is -2.47. The van der Waals surface area contributed by atoms with Crippen LogP contribution < -0.4 is 5.32 Å². The van der Waals surface area contributed by atoms with Crippen molar-refractivity contribution < 1.29 is 30.8 Å². The highest BCUT2D eigenvalue weighted by molar-refractivity contribution is 7.91. The lowest BCUT2D eigenvalue weighted by atomic mass is 9.96. The Morgan fingerprint density at radius 3 is 2.33 bits per heavy atom. The molecule has 2 saturated heterocycles. The summed E-state index contributed by atoms with van der Waals surface area (Å²) >= 11 is 0. The third kappa shape index (κ3) is 5.37. The van der Waals surface area contributed by atoms with Gasteiger partial charge < -0.3 is 10.2 Å². The monoisotopic (exact) mass is 488 g/mol. The number of benzene rings is 1. The Morgan fingerprint density at radius 1 is 1.09 bits per heavy atom. The van der Waals surface area contributed by atoms with Gasteiger partial charge in [0.2, 0.25) is 5.91 Å². The van der Waals surface area contributed by atoms with Gasteiger partial charge in [0, 0.05) is 38.0 Å². The molecule has 2 fully saturated rings. The minimum atomic E-state index is -4.50. The van der Waals surface area contributed by atoms with Gasteiger partial charge in [0.1, 0.15) is 15.7 Å². The Labute approximate surface area is 189 Å². The fourth-order valence-corrected chi connectivity index (χ4v) is 5.87. The summed E-state index contributed by atoms with van der Waals surface area (Å²) in [5.74, 6) is -1.05. The van der Waals surface area contributed by atoms with Crippen LogP contribution in [0.1, 0.15) is 24.4 Å². The molecule has 0 aromatic heterocycles. The number of amides is 1. The minimum Gasteiger partial charge on any atom is -0.357 e. The van der Waals surface area contributed by atoms with E-state index in [1.54, 1.807) is 17.0 Å². The van der Waals surface area contributed by atoms with Gasteiger partial charge >= 0.3 is 6.18 Å². The topological polar surface area (TPSA) is 82.1 Å². The molecule has 3 aliphatic rings. The number of carbonyl (C=O) groups is 1. The standard InChI is InChI=1S/C21H24F4N4O3S/c22-17-3-1-14(2-4-17)18-13-28(20-26-11-16(12-27-20)21(23,24)25)7-8-29(18)19(30)15-5-9-33(31,32)10-6-15/h1-4,11-12,15,18,20,26H,5-10,13H2. The summed E-state index contributed by atoms with van der Waals surface area (Å²) in [7, 11) is -3.12. The van der Waals surface area contributed by atoms with Crippen molar-refractivity contribution in [3.63, 3.8) is 0 Å². The van der Waals surface area contributed by atoms with E-state index in [0.29, 0.717) is 12.1 Å². The van der Waals surface area contributed by atoms with E-state index < -0.39 is 45.7 Å². The zero-order chi connectivity index (χ0) is 23.8. The van der Waals surface area contributed by atoms with Crippen LogP contribution in [0.3, 0.4) is 0 Å². The van der Waals surface area contributed by atoms with Gasteiger partial charge in [-0.3, -0.25) is 14.7 Å². The molecule has 2 unspecified atom stereocenters. The number of carbonyl (C=O) groups excluding carboxylic acids is 1. The number of alkyl halides is 3. The lowest BCUT2D eigenvalue weighted by Crippen LogP contribution is -2.57. The van der Waals surface area contributed by atoms with Crippen LogP contribution in [-0.2, 0) is 14.6 Å². The van der Waals surface area contributed by atoms with Crippen LogP contribution in [0.2, 0.25) is 0 Å². The second-order valence-corrected chi connectivity index (χ2v) is 10.7. The summed E-state index contributed by atoms with van der Waals surface area (Å²) in [5, 5.41) is 2.66. The summed E-state index contributed by atoms with van der Waals surface area (Å²) in [6.07, 6.45) is -3.04. The zero-order valence-electron chi connectivity index (χ0n) is 17.6. The molecule has 3 heterocycles. The number of sulfone groups is 1. The van der Waals surface area contributed by atoms with Crippen LogP contribution in [0.5, 0.6) is 0 Å². The van der Waals surface area contributed by atoms with Crippen LogP contribution in [-0.4, -0.2) is 73.9 Å². The first-order valence-electron chi connectivity index (χ1n) is 10.6. The van der Waals surface area contributed by atoms with Gasteiger partial charge in [0.15, 0.2) is 6.29 Å². The van der Waals surface area contributed by atoms with Gasteiger partial charge in [-0.25, -0.2) is 12.8 Å². The van der Waals surface area contributed by atoms with Crippen molar-refractivity contribution in [2.24, 2.45) is 10.9 Å². The smallest absolute Gasteiger partial charge is 0.357 e. The first-order valence-corrected chi connectivity index (χ1v) is 12.4. The van der Waals surface area contributed by atoms with Crippen LogP contribution in [0.4, 0.5) is 17.6 Å². The maximum atomic E-state index is 13.5. The van der Waals surface area contributed by atoms with Crippen molar-refractivity contribution in [1.29, 1.82) is 0 Å². The van der Waals surface area contributed by atoms with Crippen molar-refractivity contribution in [3.05, 3.63) is 47.4 Å². The van der Waals surface area contributed by atoms with E-state index in [-0.39, 0.29) is 43.3 Å². The fourth-order valence-electron chi connectivity index (χ4n) is 4.38. The molecule has 0 saturated carbocycles. The lowest BCUT2D eigenvalue weighted by molar-refractivity contribution is -0.141. The predicted octanol–water partition coefficient (Wildman–Crippen LogP) is 2.24. The molecule has 1 aromatic carbocycles. The highest BCUT2D eigenvalue weighted by Gasteiger charge is 2.40. The van der Waals surface area contributed by atoms with Crippen LogP contribution >= 0.6 is 0 Å². The van der Waals surface area contributed by atoms with E-state index in [1.165, 1.54) is 12.1 Å². The highest BCUT2D eigenvalue weighted by Crippen LogP contribution is 2.32. The fraction of sp³-hybridized carbons (Fsp3) is 0.524.